The summed E-state index contributed by atoms with van der Waals surface area (Å²) >= 11 is 0. The van der Waals surface area contributed by atoms with Gasteiger partial charge in [-0.15, -0.1) is 0 Å². The second-order valence-corrected chi connectivity index (χ2v) is 8.08. The zero-order valence-corrected chi connectivity index (χ0v) is 13.3. The van der Waals surface area contributed by atoms with Gasteiger partial charge in [0.2, 0.25) is 0 Å². The van der Waals surface area contributed by atoms with Crippen LogP contribution in [0.1, 0.15) is 5.56 Å². The SMILES string of the molecule is [SiH3]O[SiH2]O[SiH2]CC=Cc1ccccc1. The molecule has 0 aromatic heterocycles. The molecule has 0 saturated carbocycles. The van der Waals surface area contributed by atoms with Gasteiger partial charge in [0.15, 0.2) is 9.76 Å². The summed E-state index contributed by atoms with van der Waals surface area (Å²) < 4.78 is 10.5. The van der Waals surface area contributed by atoms with Crippen LogP contribution in [0, 0.1) is 0 Å². The van der Waals surface area contributed by atoms with Crippen molar-refractivity contribution >= 4 is 36.3 Å². The fourth-order valence-electron chi connectivity index (χ4n) is 1.08. The third-order valence-corrected chi connectivity index (χ3v) is 5.07. The Morgan fingerprint density at radius 3 is 2.79 bits per heavy atom. The van der Waals surface area contributed by atoms with Crippen LogP contribution in [-0.4, -0.2) is 30.3 Å². The first-order valence-electron chi connectivity index (χ1n) is 4.72. The highest BCUT2D eigenvalue weighted by atomic mass is 28.3. The summed E-state index contributed by atoms with van der Waals surface area (Å²) in [5.41, 5.74) is 1.26. The summed E-state index contributed by atoms with van der Waals surface area (Å²) in [6.07, 6.45) is 4.35. The van der Waals surface area contributed by atoms with Crippen molar-refractivity contribution in [3.8, 4) is 0 Å². The lowest BCUT2D eigenvalue weighted by Crippen LogP contribution is -2.05. The third kappa shape index (κ3) is 5.30. The van der Waals surface area contributed by atoms with Crippen LogP contribution in [-0.2, 0) is 8.23 Å². The van der Waals surface area contributed by atoms with Gasteiger partial charge in [-0.3, -0.25) is 0 Å². The number of benzene rings is 1. The monoisotopic (exact) mass is 240 g/mol. The molecule has 5 heteroatoms. The highest BCUT2D eigenvalue weighted by Gasteiger charge is 1.86. The van der Waals surface area contributed by atoms with Crippen LogP contribution >= 0.6 is 0 Å². The van der Waals surface area contributed by atoms with Crippen molar-refractivity contribution in [3.63, 3.8) is 0 Å². The normalized spacial score (nSPS) is 12.9. The van der Waals surface area contributed by atoms with E-state index in [-0.39, 0.29) is 9.76 Å². The Kier molecular flexibility index (Phi) is 6.54. The molecule has 76 valence electrons. The van der Waals surface area contributed by atoms with Crippen LogP contribution in [0.3, 0.4) is 0 Å². The van der Waals surface area contributed by atoms with Crippen LogP contribution in [0.4, 0.5) is 0 Å². The Morgan fingerprint density at radius 1 is 1.29 bits per heavy atom. The molecule has 0 atom stereocenters. The average molecular weight is 240 g/mol. The first-order valence-corrected chi connectivity index (χ1v) is 8.26. The molecule has 0 aliphatic carbocycles. The molecule has 0 amide bonds. The molecule has 0 N–H and O–H groups in total. The van der Waals surface area contributed by atoms with Gasteiger partial charge in [0, 0.05) is 0 Å². The highest BCUT2D eigenvalue weighted by molar-refractivity contribution is 6.41. The predicted octanol–water partition coefficient (Wildman–Crippen LogP) is -0.486. The van der Waals surface area contributed by atoms with E-state index in [9.17, 15) is 0 Å². The van der Waals surface area contributed by atoms with Crippen molar-refractivity contribution in [2.75, 3.05) is 0 Å². The van der Waals surface area contributed by atoms with Gasteiger partial charge < -0.3 is 8.23 Å². The van der Waals surface area contributed by atoms with Gasteiger partial charge in [-0.05, 0) is 11.6 Å². The summed E-state index contributed by atoms with van der Waals surface area (Å²) in [4.78, 5) is 0. The van der Waals surface area contributed by atoms with Gasteiger partial charge in [0.25, 0.3) is 10.0 Å². The minimum atomic E-state index is -0.579. The Labute approximate surface area is 92.9 Å². The predicted molar refractivity (Wildman–Crippen MR) is 69.5 cm³/mol. The molecule has 1 aromatic carbocycles. The Hall–Kier alpha value is -0.469. The van der Waals surface area contributed by atoms with Crippen LogP contribution in [0.2, 0.25) is 6.04 Å². The number of hydrogen-bond acceptors (Lipinski definition) is 2. The molecular formula is C9H16O2Si3. The van der Waals surface area contributed by atoms with E-state index < -0.39 is 10.0 Å². The third-order valence-electron chi connectivity index (χ3n) is 1.74. The van der Waals surface area contributed by atoms with Crippen LogP contribution in [0.15, 0.2) is 36.4 Å². The van der Waals surface area contributed by atoms with Gasteiger partial charge >= 0.3 is 0 Å². The first-order chi connectivity index (χ1) is 6.93. The summed E-state index contributed by atoms with van der Waals surface area (Å²) in [5.74, 6) is 0. The van der Waals surface area contributed by atoms with E-state index in [2.05, 4.69) is 36.4 Å². The molecule has 0 radical (unpaired) electrons. The van der Waals surface area contributed by atoms with Crippen molar-refractivity contribution in [2.45, 2.75) is 6.04 Å². The molecule has 2 nitrogen and oxygen atoms in total. The van der Waals surface area contributed by atoms with Gasteiger partial charge in [0.1, 0.15) is 10.5 Å². The largest absolute Gasteiger partial charge is 0.449 e. The molecule has 0 saturated heterocycles. The first kappa shape index (κ1) is 11.6. The van der Waals surface area contributed by atoms with E-state index in [0.29, 0.717) is 0 Å². The van der Waals surface area contributed by atoms with Gasteiger partial charge in [-0.25, -0.2) is 0 Å². The molecule has 0 spiro atoms. The summed E-state index contributed by atoms with van der Waals surface area (Å²) in [6.45, 7) is 0. The van der Waals surface area contributed by atoms with E-state index in [1.54, 1.807) is 0 Å². The second-order valence-electron chi connectivity index (χ2n) is 2.92. The minimum absolute atomic E-state index is 0.343. The second kappa shape index (κ2) is 7.89. The van der Waals surface area contributed by atoms with Crippen molar-refractivity contribution in [2.24, 2.45) is 0 Å². The van der Waals surface area contributed by atoms with Gasteiger partial charge in [-0.1, -0.05) is 42.5 Å². The van der Waals surface area contributed by atoms with E-state index in [4.69, 9.17) is 8.23 Å². The summed E-state index contributed by atoms with van der Waals surface area (Å²) in [5, 5.41) is 0. The number of rotatable bonds is 6. The molecule has 0 heterocycles. The quantitative estimate of drug-likeness (QED) is 0.494. The zero-order valence-electron chi connectivity index (χ0n) is 8.48. The van der Waals surface area contributed by atoms with Crippen LogP contribution in [0.25, 0.3) is 6.08 Å². The Morgan fingerprint density at radius 2 is 2.07 bits per heavy atom. The molecule has 0 aliphatic rings. The molecule has 0 fully saturated rings. The summed E-state index contributed by atoms with van der Waals surface area (Å²) in [7, 11) is -0.0937. The Balaban J connectivity index is 2.15. The van der Waals surface area contributed by atoms with Crippen LogP contribution < -0.4 is 0 Å². The van der Waals surface area contributed by atoms with E-state index in [1.165, 1.54) is 5.56 Å². The molecule has 1 rings (SSSR count). The maximum Gasteiger partial charge on any atom is 0.282 e. The fraction of sp³-hybridized carbons (Fsp3) is 0.111. The van der Waals surface area contributed by atoms with Crippen molar-refractivity contribution in [3.05, 3.63) is 42.0 Å². The lowest BCUT2D eigenvalue weighted by Gasteiger charge is -1.98. The van der Waals surface area contributed by atoms with Crippen LogP contribution in [0.5, 0.6) is 0 Å². The average Bonchev–Trinajstić information content (AvgIpc) is 2.25. The molecule has 0 bridgehead atoms. The van der Waals surface area contributed by atoms with Gasteiger partial charge in [-0.2, -0.15) is 0 Å². The van der Waals surface area contributed by atoms with Crippen molar-refractivity contribution in [1.82, 2.24) is 0 Å². The lowest BCUT2D eigenvalue weighted by atomic mass is 10.2. The van der Waals surface area contributed by atoms with E-state index in [0.717, 1.165) is 16.5 Å². The van der Waals surface area contributed by atoms with Crippen molar-refractivity contribution in [1.29, 1.82) is 0 Å². The fourth-order valence-corrected chi connectivity index (χ4v) is 4.68. The molecule has 14 heavy (non-hydrogen) atoms. The standard InChI is InChI=1S/C9H16O2Si3/c12-10-14-11-13-8-4-7-9-5-2-1-3-6-9/h1-7H,8,13-14H2,12H3. The topological polar surface area (TPSA) is 18.5 Å². The molecule has 0 unspecified atom stereocenters. The zero-order chi connectivity index (χ0) is 10.1. The molecular weight excluding hydrogens is 224 g/mol. The van der Waals surface area contributed by atoms with E-state index >= 15 is 0 Å². The van der Waals surface area contributed by atoms with Gasteiger partial charge in [0.05, 0.1) is 0 Å². The maximum absolute atomic E-state index is 5.46. The maximum atomic E-state index is 5.46. The summed E-state index contributed by atoms with van der Waals surface area (Å²) in [6, 6.07) is 11.4. The molecule has 1 aromatic rings. The number of allylic oxidation sites excluding steroid dienone is 1. The van der Waals surface area contributed by atoms with Crippen molar-refractivity contribution < 1.29 is 8.23 Å². The lowest BCUT2D eigenvalue weighted by molar-refractivity contribution is 0.503. The smallest absolute Gasteiger partial charge is 0.282 e. The highest BCUT2D eigenvalue weighted by Crippen LogP contribution is 2.01. The minimum Gasteiger partial charge on any atom is -0.449 e. The number of hydrogen-bond donors (Lipinski definition) is 0. The van der Waals surface area contributed by atoms with E-state index in [1.807, 2.05) is 6.07 Å². The molecule has 0 aliphatic heterocycles. The Bertz CT molecular complexity index is 264.